The quantitative estimate of drug-likeness (QED) is 0.102. The molecule has 3 saturated carbocycles. The maximum absolute atomic E-state index is 15.3. The van der Waals surface area contributed by atoms with E-state index in [2.05, 4.69) is 87.9 Å². The van der Waals surface area contributed by atoms with Gasteiger partial charge in [-0.2, -0.15) is 9.98 Å². The Labute approximate surface area is 376 Å². The SMILES string of the molecule is CCCC1CCC(C2(F)C=CC=CC2N=C=S)CC1.CCCCC1CCC(c2ccc(N=C=S)c(F)c2)CC1.CCCCCC1CCC(c2ccc(N=C=S)c(F)c2)CC1. The molecule has 4 aliphatic rings. The molecule has 0 spiro atoms. The van der Waals surface area contributed by atoms with Gasteiger partial charge in [0.05, 0.1) is 15.5 Å². The molecule has 3 nitrogen and oxygen atoms in total. The van der Waals surface area contributed by atoms with E-state index in [4.69, 9.17) is 0 Å². The first-order chi connectivity index (χ1) is 29.2. The molecule has 0 amide bonds. The van der Waals surface area contributed by atoms with Crippen molar-refractivity contribution in [2.45, 2.75) is 179 Å². The van der Waals surface area contributed by atoms with Crippen LogP contribution >= 0.6 is 36.7 Å². The van der Waals surface area contributed by atoms with Gasteiger partial charge in [0.25, 0.3) is 0 Å². The molecule has 3 fully saturated rings. The van der Waals surface area contributed by atoms with Crippen molar-refractivity contribution in [2.24, 2.45) is 38.6 Å². The molecule has 6 rings (SSSR count). The van der Waals surface area contributed by atoms with E-state index in [1.807, 2.05) is 18.2 Å². The van der Waals surface area contributed by atoms with Gasteiger partial charge in [0.2, 0.25) is 0 Å². The summed E-state index contributed by atoms with van der Waals surface area (Å²) >= 11 is 13.7. The van der Waals surface area contributed by atoms with Crippen LogP contribution in [0, 0.1) is 35.3 Å². The lowest BCUT2D eigenvalue weighted by atomic mass is 9.70. The molecule has 326 valence electrons. The molecule has 60 heavy (non-hydrogen) atoms. The average molecular weight is 876 g/mol. The van der Waals surface area contributed by atoms with E-state index >= 15 is 4.39 Å². The number of rotatable bonds is 15. The Morgan fingerprint density at radius 2 is 1.07 bits per heavy atom. The average Bonchev–Trinajstić information content (AvgIpc) is 3.27. The third-order valence-electron chi connectivity index (χ3n) is 13.7. The predicted molar refractivity (Wildman–Crippen MR) is 257 cm³/mol. The maximum atomic E-state index is 15.3. The van der Waals surface area contributed by atoms with Crippen molar-refractivity contribution in [3.05, 3.63) is 83.5 Å². The summed E-state index contributed by atoms with van der Waals surface area (Å²) in [7, 11) is 0. The summed E-state index contributed by atoms with van der Waals surface area (Å²) in [5, 5.41) is 6.78. The van der Waals surface area contributed by atoms with Crippen molar-refractivity contribution in [1.82, 2.24) is 0 Å². The Morgan fingerprint density at radius 1 is 0.583 bits per heavy atom. The monoisotopic (exact) mass is 875 g/mol. The van der Waals surface area contributed by atoms with Crippen LogP contribution in [0.4, 0.5) is 24.5 Å². The number of halogens is 3. The highest BCUT2D eigenvalue weighted by molar-refractivity contribution is 7.78. The molecule has 2 atom stereocenters. The van der Waals surface area contributed by atoms with Crippen LogP contribution in [0.1, 0.15) is 179 Å². The zero-order valence-electron chi connectivity index (χ0n) is 36.4. The molecule has 0 aliphatic heterocycles. The molecule has 0 N–H and O–H groups in total. The number of hydrogen-bond acceptors (Lipinski definition) is 6. The highest BCUT2D eigenvalue weighted by Crippen LogP contribution is 2.44. The zero-order chi connectivity index (χ0) is 43.2. The topological polar surface area (TPSA) is 37.1 Å². The number of benzene rings is 2. The standard InChI is InChI=1S/C18H24FNS.C17H22FNS.C16H22FNS/c1-2-3-4-5-14-6-8-15(9-7-14)16-10-11-18(20-13-21)17(19)12-16;1-2-3-4-13-5-7-14(8-6-13)15-9-10-17(19-12-20)16(18)11-15;1-2-5-13-7-9-14(10-8-13)16(17)11-4-3-6-15(16)18-12-19/h10-12,14-15H,2-9H2,1H3;9-11,13-14H,2-8H2,1H3;3-4,6,11,13-15H,2,5,7-10H2,1H3. The van der Waals surface area contributed by atoms with Crippen LogP contribution in [-0.2, 0) is 0 Å². The minimum atomic E-state index is -1.36. The highest BCUT2D eigenvalue weighted by atomic mass is 32.1. The fraction of sp³-hybridized carbons (Fsp3) is 0.627. The predicted octanol–water partition coefficient (Wildman–Crippen LogP) is 17.3. The van der Waals surface area contributed by atoms with Crippen molar-refractivity contribution in [1.29, 1.82) is 0 Å². The first-order valence-corrected chi connectivity index (χ1v) is 24.3. The van der Waals surface area contributed by atoms with Crippen LogP contribution in [0.5, 0.6) is 0 Å². The smallest absolute Gasteiger partial charge is 0.158 e. The van der Waals surface area contributed by atoms with E-state index in [0.29, 0.717) is 23.2 Å². The Bertz CT molecular complexity index is 1800. The van der Waals surface area contributed by atoms with Crippen LogP contribution in [0.15, 0.2) is 75.7 Å². The minimum Gasteiger partial charge on any atom is -0.236 e. The summed E-state index contributed by atoms with van der Waals surface area (Å²) in [6, 6.07) is 10.2. The largest absolute Gasteiger partial charge is 0.236 e. The second-order valence-electron chi connectivity index (χ2n) is 17.6. The number of allylic oxidation sites excluding steroid dienone is 2. The molecular formula is C51H68F3N3S3. The third kappa shape index (κ3) is 15.5. The minimum absolute atomic E-state index is 0.0684. The Morgan fingerprint density at radius 3 is 1.52 bits per heavy atom. The van der Waals surface area contributed by atoms with Gasteiger partial charge in [-0.1, -0.05) is 122 Å². The van der Waals surface area contributed by atoms with Gasteiger partial charge in [-0.05, 0) is 178 Å². The Balaban J connectivity index is 0.000000199. The van der Waals surface area contributed by atoms with Gasteiger partial charge in [-0.3, -0.25) is 0 Å². The van der Waals surface area contributed by atoms with Crippen LogP contribution in [0.2, 0.25) is 0 Å². The summed E-state index contributed by atoms with van der Waals surface area (Å²) in [5.41, 5.74) is 1.45. The summed E-state index contributed by atoms with van der Waals surface area (Å²) in [6.45, 7) is 6.73. The fourth-order valence-electron chi connectivity index (χ4n) is 10.1. The van der Waals surface area contributed by atoms with Crippen LogP contribution in [0.3, 0.4) is 0 Å². The summed E-state index contributed by atoms with van der Waals surface area (Å²) in [6.07, 6.45) is 33.1. The molecule has 2 aromatic carbocycles. The number of isothiocyanates is 3. The van der Waals surface area contributed by atoms with E-state index in [-0.39, 0.29) is 17.6 Å². The molecule has 2 unspecified atom stereocenters. The van der Waals surface area contributed by atoms with E-state index in [1.54, 1.807) is 42.5 Å². The lowest BCUT2D eigenvalue weighted by molar-refractivity contribution is 0.0760. The van der Waals surface area contributed by atoms with Gasteiger partial charge in [-0.25, -0.2) is 18.2 Å². The summed E-state index contributed by atoms with van der Waals surface area (Å²) in [5.74, 6) is 3.08. The second kappa shape index (κ2) is 27.2. The van der Waals surface area contributed by atoms with Crippen molar-refractivity contribution in [2.75, 3.05) is 0 Å². The maximum Gasteiger partial charge on any atom is 0.158 e. The highest BCUT2D eigenvalue weighted by Gasteiger charge is 2.45. The molecule has 4 aliphatic carbocycles. The van der Waals surface area contributed by atoms with Crippen LogP contribution in [0.25, 0.3) is 0 Å². The fourth-order valence-corrected chi connectivity index (χ4v) is 10.4. The van der Waals surface area contributed by atoms with Gasteiger partial charge in [-0.15, -0.1) is 0 Å². The van der Waals surface area contributed by atoms with Gasteiger partial charge < -0.3 is 0 Å². The summed E-state index contributed by atoms with van der Waals surface area (Å²) < 4.78 is 43.1. The molecule has 0 radical (unpaired) electrons. The second-order valence-corrected chi connectivity index (χ2v) is 18.2. The molecule has 0 heterocycles. The van der Waals surface area contributed by atoms with Crippen molar-refractivity contribution < 1.29 is 13.2 Å². The normalized spacial score (nSPS) is 27.1. The molecule has 2 aromatic rings. The van der Waals surface area contributed by atoms with Gasteiger partial charge in [0, 0.05) is 0 Å². The van der Waals surface area contributed by atoms with Gasteiger partial charge >= 0.3 is 0 Å². The lowest BCUT2D eigenvalue weighted by Gasteiger charge is -2.39. The van der Waals surface area contributed by atoms with Crippen molar-refractivity contribution >= 4 is 63.5 Å². The first-order valence-electron chi connectivity index (χ1n) is 23.1. The van der Waals surface area contributed by atoms with E-state index in [0.717, 1.165) is 54.6 Å². The summed E-state index contributed by atoms with van der Waals surface area (Å²) in [4.78, 5) is 11.5. The third-order valence-corrected chi connectivity index (χ3v) is 14.0. The number of alkyl halides is 1. The molecule has 9 heteroatoms. The Hall–Kier alpha value is -2.89. The molecule has 0 bridgehead atoms. The zero-order valence-corrected chi connectivity index (χ0v) is 38.8. The van der Waals surface area contributed by atoms with Gasteiger partial charge in [0.1, 0.15) is 29.1 Å². The van der Waals surface area contributed by atoms with Crippen molar-refractivity contribution in [3.63, 3.8) is 0 Å². The van der Waals surface area contributed by atoms with Gasteiger partial charge in [0.15, 0.2) is 5.67 Å². The number of nitrogens with zero attached hydrogens (tertiary/aromatic N) is 3. The number of unbranched alkanes of at least 4 members (excludes halogenated alkanes) is 3. The Kier molecular flexibility index (Phi) is 22.6. The van der Waals surface area contributed by atoms with E-state index in [9.17, 15) is 8.78 Å². The van der Waals surface area contributed by atoms with Crippen LogP contribution in [-0.4, -0.2) is 27.2 Å². The number of thiocarbonyl (C=S) groups is 3. The van der Waals surface area contributed by atoms with E-state index in [1.165, 1.54) is 109 Å². The molecular weight excluding hydrogens is 808 g/mol. The molecule has 0 saturated heterocycles. The first kappa shape index (κ1) is 49.8. The van der Waals surface area contributed by atoms with E-state index < -0.39 is 11.7 Å². The van der Waals surface area contributed by atoms with Crippen molar-refractivity contribution in [3.8, 4) is 0 Å². The number of hydrogen-bond donors (Lipinski definition) is 0. The number of aliphatic imine (C=N–C) groups is 3. The molecule has 0 aromatic heterocycles. The van der Waals surface area contributed by atoms with Crippen LogP contribution < -0.4 is 0 Å². The lowest BCUT2D eigenvalue weighted by Crippen LogP contribution is -2.43.